The fourth-order valence-electron chi connectivity index (χ4n) is 3.30. The number of nitrogens with zero attached hydrogens (tertiary/aromatic N) is 4. The van der Waals surface area contributed by atoms with Crippen molar-refractivity contribution < 1.29 is 18.0 Å². The van der Waals surface area contributed by atoms with Crippen molar-refractivity contribution >= 4 is 27.7 Å². The molecule has 2 aliphatic rings. The summed E-state index contributed by atoms with van der Waals surface area (Å²) < 4.78 is 27.2. The zero-order valence-corrected chi connectivity index (χ0v) is 16.1. The Morgan fingerprint density at radius 2 is 2.08 bits per heavy atom. The fourth-order valence-corrected chi connectivity index (χ4v) is 4.31. The highest BCUT2D eigenvalue weighted by molar-refractivity contribution is 7.88. The summed E-state index contributed by atoms with van der Waals surface area (Å²) in [7, 11) is -1.97. The molecule has 144 valence electrons. The molecule has 1 N–H and O–H groups in total. The van der Waals surface area contributed by atoms with Crippen molar-refractivity contribution in [3.63, 3.8) is 0 Å². The summed E-state index contributed by atoms with van der Waals surface area (Å²) in [6.07, 6.45) is 3.92. The van der Waals surface area contributed by atoms with Crippen LogP contribution < -0.4 is 10.2 Å². The number of aryl methyl sites for hydroxylation is 2. The molecule has 1 aliphatic heterocycles. The van der Waals surface area contributed by atoms with Crippen molar-refractivity contribution in [3.05, 3.63) is 11.8 Å². The Balaban J connectivity index is 1.82. The lowest BCUT2D eigenvalue weighted by Gasteiger charge is -2.36. The highest BCUT2D eigenvalue weighted by atomic mass is 32.2. The third-order valence-corrected chi connectivity index (χ3v) is 5.92. The number of hydrogen-bond acceptors (Lipinski definition) is 5. The molecule has 2 amide bonds. The zero-order chi connectivity index (χ0) is 19.1. The molecule has 0 radical (unpaired) electrons. The van der Waals surface area contributed by atoms with E-state index in [1.54, 1.807) is 22.7 Å². The van der Waals surface area contributed by atoms with Gasteiger partial charge in [0.05, 0.1) is 18.5 Å². The standard InChI is InChI=1S/C16H25N5O4S/c1-11-9-15(19(2)18-11)20-8-4-5-13(16(20)23)21(26(3,24)25)10-14(22)17-12-6-7-12/h9,12-13H,4-8,10H2,1-3H3,(H,17,22)/t13-/m0/s1. The van der Waals surface area contributed by atoms with Crippen LogP contribution in [0.25, 0.3) is 0 Å². The van der Waals surface area contributed by atoms with Crippen LogP contribution in [-0.4, -0.2) is 65.7 Å². The zero-order valence-electron chi connectivity index (χ0n) is 15.3. The van der Waals surface area contributed by atoms with Crippen LogP contribution in [-0.2, 0) is 26.7 Å². The minimum absolute atomic E-state index is 0.139. The van der Waals surface area contributed by atoms with Gasteiger partial charge in [0.15, 0.2) is 0 Å². The van der Waals surface area contributed by atoms with Crippen molar-refractivity contribution in [1.29, 1.82) is 0 Å². The SMILES string of the molecule is Cc1cc(N2CCC[C@H](N(CC(=O)NC3CC3)S(C)(=O)=O)C2=O)n(C)n1. The molecule has 2 fully saturated rings. The molecular formula is C16H25N5O4S. The highest BCUT2D eigenvalue weighted by Gasteiger charge is 2.40. The van der Waals surface area contributed by atoms with Crippen LogP contribution in [0.4, 0.5) is 5.82 Å². The average molecular weight is 383 g/mol. The molecule has 3 rings (SSSR count). The lowest BCUT2D eigenvalue weighted by molar-refractivity contribution is -0.126. The largest absolute Gasteiger partial charge is 0.352 e. The monoisotopic (exact) mass is 383 g/mol. The summed E-state index contributed by atoms with van der Waals surface area (Å²) in [5.74, 6) is -0.0452. The molecule has 1 aromatic heterocycles. The summed E-state index contributed by atoms with van der Waals surface area (Å²) >= 11 is 0. The van der Waals surface area contributed by atoms with Crippen LogP contribution in [0.1, 0.15) is 31.4 Å². The molecular weight excluding hydrogens is 358 g/mol. The summed E-state index contributed by atoms with van der Waals surface area (Å²) in [4.78, 5) is 26.8. The van der Waals surface area contributed by atoms with Crippen molar-refractivity contribution in [1.82, 2.24) is 19.4 Å². The van der Waals surface area contributed by atoms with Gasteiger partial charge in [-0.15, -0.1) is 0 Å². The molecule has 1 saturated carbocycles. The normalized spacial score (nSPS) is 21.3. The van der Waals surface area contributed by atoms with Crippen molar-refractivity contribution in [3.8, 4) is 0 Å². The van der Waals surface area contributed by atoms with E-state index in [1.807, 2.05) is 6.92 Å². The number of carbonyl (C=O) groups excluding carboxylic acids is 2. The molecule has 0 spiro atoms. The molecule has 1 aliphatic carbocycles. The van der Waals surface area contributed by atoms with Crippen LogP contribution in [0.5, 0.6) is 0 Å². The molecule has 2 heterocycles. The van der Waals surface area contributed by atoms with Gasteiger partial charge >= 0.3 is 0 Å². The number of hydrogen-bond donors (Lipinski definition) is 1. The van der Waals surface area contributed by atoms with Gasteiger partial charge in [0.1, 0.15) is 11.9 Å². The Morgan fingerprint density at radius 1 is 1.38 bits per heavy atom. The van der Waals surface area contributed by atoms with E-state index in [9.17, 15) is 18.0 Å². The van der Waals surface area contributed by atoms with Gasteiger partial charge in [-0.2, -0.15) is 9.40 Å². The molecule has 10 heteroatoms. The van der Waals surface area contributed by atoms with Crippen molar-refractivity contribution in [2.24, 2.45) is 7.05 Å². The Kier molecular flexibility index (Phi) is 5.07. The predicted molar refractivity (Wildman–Crippen MR) is 96.0 cm³/mol. The summed E-state index contributed by atoms with van der Waals surface area (Å²) in [6, 6.07) is 1.06. The number of sulfonamides is 1. The Morgan fingerprint density at radius 3 is 2.62 bits per heavy atom. The molecule has 0 unspecified atom stereocenters. The van der Waals surface area contributed by atoms with E-state index in [4.69, 9.17) is 0 Å². The highest BCUT2D eigenvalue weighted by Crippen LogP contribution is 2.25. The number of carbonyl (C=O) groups is 2. The van der Waals surface area contributed by atoms with Gasteiger partial charge in [0, 0.05) is 25.7 Å². The first-order chi connectivity index (χ1) is 12.2. The van der Waals surface area contributed by atoms with E-state index in [-0.39, 0.29) is 24.4 Å². The lowest BCUT2D eigenvalue weighted by atomic mass is 10.0. The van der Waals surface area contributed by atoms with Crippen LogP contribution in [0.3, 0.4) is 0 Å². The van der Waals surface area contributed by atoms with Crippen LogP contribution in [0.2, 0.25) is 0 Å². The Bertz CT molecular complexity index is 815. The first-order valence-electron chi connectivity index (χ1n) is 8.75. The second-order valence-corrected chi connectivity index (χ2v) is 9.00. The van der Waals surface area contributed by atoms with Crippen LogP contribution in [0, 0.1) is 6.92 Å². The average Bonchev–Trinajstić information content (AvgIpc) is 3.27. The van der Waals surface area contributed by atoms with E-state index >= 15 is 0 Å². The number of aromatic nitrogens is 2. The van der Waals surface area contributed by atoms with Crippen molar-refractivity contribution in [2.45, 2.75) is 44.7 Å². The van der Waals surface area contributed by atoms with E-state index in [0.29, 0.717) is 25.2 Å². The van der Waals surface area contributed by atoms with Crippen molar-refractivity contribution in [2.75, 3.05) is 24.2 Å². The molecule has 1 atom stereocenters. The van der Waals surface area contributed by atoms with Crippen LogP contribution in [0.15, 0.2) is 6.07 Å². The molecule has 26 heavy (non-hydrogen) atoms. The minimum atomic E-state index is -3.72. The predicted octanol–water partition coefficient (Wildman–Crippen LogP) is -0.236. The molecule has 0 bridgehead atoms. The number of anilines is 1. The smallest absolute Gasteiger partial charge is 0.246 e. The Labute approximate surface area is 153 Å². The number of piperidine rings is 1. The van der Waals surface area contributed by atoms with Gasteiger partial charge in [-0.25, -0.2) is 8.42 Å². The maximum absolute atomic E-state index is 13.0. The van der Waals surface area contributed by atoms with Crippen LogP contribution >= 0.6 is 0 Å². The van der Waals surface area contributed by atoms with E-state index in [0.717, 1.165) is 29.1 Å². The van der Waals surface area contributed by atoms with Gasteiger partial charge in [-0.3, -0.25) is 19.2 Å². The second kappa shape index (κ2) is 6.99. The number of rotatable bonds is 6. The van der Waals surface area contributed by atoms with Gasteiger partial charge < -0.3 is 5.32 Å². The van der Waals surface area contributed by atoms with E-state index in [1.165, 1.54) is 0 Å². The summed E-state index contributed by atoms with van der Waals surface area (Å²) in [5.41, 5.74) is 0.779. The maximum Gasteiger partial charge on any atom is 0.246 e. The van der Waals surface area contributed by atoms with Gasteiger partial charge in [0.25, 0.3) is 0 Å². The number of amides is 2. The molecule has 0 aromatic carbocycles. The second-order valence-electron chi connectivity index (χ2n) is 7.07. The maximum atomic E-state index is 13.0. The molecule has 1 aromatic rings. The minimum Gasteiger partial charge on any atom is -0.352 e. The molecule has 9 nitrogen and oxygen atoms in total. The topological polar surface area (TPSA) is 105 Å². The van der Waals surface area contributed by atoms with Gasteiger partial charge in [0.2, 0.25) is 21.8 Å². The first-order valence-corrected chi connectivity index (χ1v) is 10.6. The third-order valence-electron chi connectivity index (χ3n) is 4.68. The lowest BCUT2D eigenvalue weighted by Crippen LogP contribution is -2.56. The third kappa shape index (κ3) is 4.07. The summed E-state index contributed by atoms with van der Waals surface area (Å²) in [6.45, 7) is 2.00. The number of nitrogens with one attached hydrogen (secondary N) is 1. The van der Waals surface area contributed by atoms with E-state index in [2.05, 4.69) is 10.4 Å². The first kappa shape index (κ1) is 18.8. The summed E-state index contributed by atoms with van der Waals surface area (Å²) in [5, 5.41) is 7.04. The quantitative estimate of drug-likeness (QED) is 0.730. The Hall–Kier alpha value is -1.94. The van der Waals surface area contributed by atoms with E-state index < -0.39 is 16.1 Å². The fraction of sp³-hybridized carbons (Fsp3) is 0.688. The van der Waals surface area contributed by atoms with Gasteiger partial charge in [-0.05, 0) is 32.6 Å². The van der Waals surface area contributed by atoms with Gasteiger partial charge in [-0.1, -0.05) is 0 Å². The molecule has 1 saturated heterocycles.